The summed E-state index contributed by atoms with van der Waals surface area (Å²) in [6.07, 6.45) is 1.35. The summed E-state index contributed by atoms with van der Waals surface area (Å²) in [5.74, 6) is -0.113. The van der Waals surface area contributed by atoms with Gasteiger partial charge in [-0.05, 0) is 30.3 Å². The molecule has 0 saturated carbocycles. The van der Waals surface area contributed by atoms with E-state index in [0.717, 1.165) is 4.47 Å². The van der Waals surface area contributed by atoms with Crippen molar-refractivity contribution < 1.29 is 9.53 Å². The van der Waals surface area contributed by atoms with Crippen molar-refractivity contribution in [2.75, 3.05) is 0 Å². The Morgan fingerprint density at radius 3 is 2.82 bits per heavy atom. The van der Waals surface area contributed by atoms with Crippen molar-refractivity contribution >= 4 is 32.8 Å². The topological polar surface area (TPSA) is 61.2 Å². The highest BCUT2D eigenvalue weighted by Crippen LogP contribution is 2.17. The van der Waals surface area contributed by atoms with E-state index >= 15 is 0 Å². The van der Waals surface area contributed by atoms with Crippen LogP contribution in [0, 0.1) is 0 Å². The van der Waals surface area contributed by atoms with Crippen molar-refractivity contribution in [3.8, 4) is 5.75 Å². The number of aromatic nitrogens is 2. The number of rotatable bonds is 3. The van der Waals surface area contributed by atoms with Crippen LogP contribution in [0.4, 0.5) is 0 Å². The van der Waals surface area contributed by atoms with Crippen LogP contribution in [0.2, 0.25) is 0 Å². The van der Waals surface area contributed by atoms with Gasteiger partial charge in [0.15, 0.2) is 0 Å². The fraction of sp³-hybridized carbons (Fsp3) is 0.0625. The molecule has 0 unspecified atom stereocenters. The molecule has 0 N–H and O–H groups in total. The monoisotopic (exact) mass is 358 g/mol. The molecule has 0 bridgehead atoms. The van der Waals surface area contributed by atoms with Gasteiger partial charge in [-0.2, -0.15) is 0 Å². The molecule has 0 aliphatic heterocycles. The fourth-order valence-electron chi connectivity index (χ4n) is 2.05. The van der Waals surface area contributed by atoms with Crippen LogP contribution in [0.5, 0.6) is 5.75 Å². The van der Waals surface area contributed by atoms with Crippen molar-refractivity contribution in [3.63, 3.8) is 0 Å². The second-order valence-electron chi connectivity index (χ2n) is 4.63. The molecule has 110 valence electrons. The predicted octanol–water partition coefficient (Wildman–Crippen LogP) is 2.76. The summed E-state index contributed by atoms with van der Waals surface area (Å²) < 4.78 is 7.26. The Balaban J connectivity index is 1.82. The van der Waals surface area contributed by atoms with Crippen LogP contribution in [0.3, 0.4) is 0 Å². The highest BCUT2D eigenvalue weighted by Gasteiger charge is 2.10. The third-order valence-corrected chi connectivity index (χ3v) is 3.55. The smallest absolute Gasteiger partial charge is 0.331 e. The molecule has 6 heteroatoms. The van der Waals surface area contributed by atoms with Crippen LogP contribution in [-0.2, 0) is 11.3 Å². The second kappa shape index (κ2) is 6.11. The molecular formula is C16H11BrN2O3. The molecule has 1 heterocycles. The molecule has 0 atom stereocenters. The number of carbonyl (C=O) groups is 1. The minimum atomic E-state index is -0.530. The highest BCUT2D eigenvalue weighted by molar-refractivity contribution is 9.10. The van der Waals surface area contributed by atoms with Crippen molar-refractivity contribution in [1.82, 2.24) is 9.55 Å². The number of ether oxygens (including phenoxy) is 1. The van der Waals surface area contributed by atoms with E-state index in [1.165, 1.54) is 10.9 Å². The van der Waals surface area contributed by atoms with Crippen LogP contribution in [0.15, 0.2) is 64.1 Å². The maximum absolute atomic E-state index is 12.3. The SMILES string of the molecule is O=C(Cn1cnc2ccccc2c1=O)Oc1cccc(Br)c1. The third-order valence-electron chi connectivity index (χ3n) is 3.06. The number of hydrogen-bond acceptors (Lipinski definition) is 4. The Morgan fingerprint density at radius 1 is 1.18 bits per heavy atom. The maximum Gasteiger partial charge on any atom is 0.331 e. The lowest BCUT2D eigenvalue weighted by atomic mass is 10.2. The number of carbonyl (C=O) groups excluding carboxylic acids is 1. The van der Waals surface area contributed by atoms with Gasteiger partial charge in [0.25, 0.3) is 5.56 Å². The molecule has 0 spiro atoms. The average Bonchev–Trinajstić information content (AvgIpc) is 2.50. The Labute approximate surface area is 134 Å². The van der Waals surface area contributed by atoms with Crippen molar-refractivity contribution in [3.05, 3.63) is 69.7 Å². The van der Waals surface area contributed by atoms with Gasteiger partial charge in [0.2, 0.25) is 0 Å². The van der Waals surface area contributed by atoms with Gasteiger partial charge in [0, 0.05) is 4.47 Å². The van der Waals surface area contributed by atoms with Gasteiger partial charge in [-0.25, -0.2) is 9.78 Å². The zero-order valence-electron chi connectivity index (χ0n) is 11.4. The van der Waals surface area contributed by atoms with Crippen molar-refractivity contribution in [2.24, 2.45) is 0 Å². The molecular weight excluding hydrogens is 348 g/mol. The third kappa shape index (κ3) is 3.07. The fourth-order valence-corrected chi connectivity index (χ4v) is 2.43. The van der Waals surface area contributed by atoms with Gasteiger partial charge >= 0.3 is 5.97 Å². The summed E-state index contributed by atoms with van der Waals surface area (Å²) in [7, 11) is 0. The van der Waals surface area contributed by atoms with E-state index in [1.807, 2.05) is 6.07 Å². The van der Waals surface area contributed by atoms with E-state index < -0.39 is 5.97 Å². The first-order valence-electron chi connectivity index (χ1n) is 6.54. The Kier molecular flexibility index (Phi) is 4.02. The lowest BCUT2D eigenvalue weighted by Crippen LogP contribution is -2.26. The Bertz CT molecular complexity index is 905. The minimum Gasteiger partial charge on any atom is -0.425 e. The standard InChI is InChI=1S/C16H11BrN2O3/c17-11-4-3-5-12(8-11)22-15(20)9-19-10-18-14-7-2-1-6-13(14)16(19)21/h1-8,10H,9H2. The van der Waals surface area contributed by atoms with Crippen LogP contribution in [0.1, 0.15) is 0 Å². The van der Waals surface area contributed by atoms with E-state index in [9.17, 15) is 9.59 Å². The largest absolute Gasteiger partial charge is 0.425 e. The van der Waals surface area contributed by atoms with E-state index in [-0.39, 0.29) is 12.1 Å². The van der Waals surface area contributed by atoms with Gasteiger partial charge in [-0.1, -0.05) is 34.1 Å². The molecule has 0 aliphatic carbocycles. The van der Waals surface area contributed by atoms with Gasteiger partial charge in [-0.15, -0.1) is 0 Å². The average molecular weight is 359 g/mol. The Hall–Kier alpha value is -2.47. The zero-order valence-corrected chi connectivity index (χ0v) is 13.0. The second-order valence-corrected chi connectivity index (χ2v) is 5.54. The maximum atomic E-state index is 12.3. The van der Waals surface area contributed by atoms with Gasteiger partial charge in [-0.3, -0.25) is 9.36 Å². The number of benzene rings is 2. The van der Waals surface area contributed by atoms with Gasteiger partial charge in [0.1, 0.15) is 12.3 Å². The number of para-hydroxylation sites is 1. The first kappa shape index (κ1) is 14.5. The van der Waals surface area contributed by atoms with Crippen LogP contribution >= 0.6 is 15.9 Å². The molecule has 0 radical (unpaired) electrons. The number of hydrogen-bond donors (Lipinski definition) is 0. The van der Waals surface area contributed by atoms with Gasteiger partial charge < -0.3 is 4.74 Å². The zero-order chi connectivity index (χ0) is 15.5. The Morgan fingerprint density at radius 2 is 2.00 bits per heavy atom. The summed E-state index contributed by atoms with van der Waals surface area (Å²) in [5, 5.41) is 0.472. The van der Waals surface area contributed by atoms with E-state index in [4.69, 9.17) is 4.74 Å². The molecule has 3 rings (SSSR count). The number of esters is 1. The summed E-state index contributed by atoms with van der Waals surface area (Å²) in [6.45, 7) is -0.191. The first-order chi connectivity index (χ1) is 10.6. The van der Waals surface area contributed by atoms with Crippen LogP contribution < -0.4 is 10.3 Å². The summed E-state index contributed by atoms with van der Waals surface area (Å²) in [4.78, 5) is 28.4. The van der Waals surface area contributed by atoms with Crippen molar-refractivity contribution in [2.45, 2.75) is 6.54 Å². The molecule has 0 fully saturated rings. The van der Waals surface area contributed by atoms with Crippen LogP contribution in [0.25, 0.3) is 10.9 Å². The van der Waals surface area contributed by atoms with E-state index in [2.05, 4.69) is 20.9 Å². The normalized spacial score (nSPS) is 10.6. The molecule has 3 aromatic rings. The number of nitrogens with zero attached hydrogens (tertiary/aromatic N) is 2. The lowest BCUT2D eigenvalue weighted by molar-refractivity contribution is -0.135. The molecule has 2 aromatic carbocycles. The summed E-state index contributed by atoms with van der Waals surface area (Å²) in [5.41, 5.74) is 0.334. The lowest BCUT2D eigenvalue weighted by Gasteiger charge is -2.07. The van der Waals surface area contributed by atoms with Crippen molar-refractivity contribution in [1.29, 1.82) is 0 Å². The predicted molar refractivity (Wildman–Crippen MR) is 85.8 cm³/mol. The summed E-state index contributed by atoms with van der Waals surface area (Å²) >= 11 is 3.30. The van der Waals surface area contributed by atoms with E-state index in [0.29, 0.717) is 16.7 Å². The molecule has 5 nitrogen and oxygen atoms in total. The summed E-state index contributed by atoms with van der Waals surface area (Å²) in [6, 6.07) is 13.9. The highest BCUT2D eigenvalue weighted by atomic mass is 79.9. The first-order valence-corrected chi connectivity index (χ1v) is 7.33. The van der Waals surface area contributed by atoms with Crippen LogP contribution in [-0.4, -0.2) is 15.5 Å². The number of fused-ring (bicyclic) bond motifs is 1. The molecule has 0 saturated heterocycles. The quantitative estimate of drug-likeness (QED) is 0.533. The molecule has 1 aromatic heterocycles. The molecule has 0 amide bonds. The molecule has 0 aliphatic rings. The van der Waals surface area contributed by atoms with E-state index in [1.54, 1.807) is 42.5 Å². The number of halogens is 1. The van der Waals surface area contributed by atoms with Gasteiger partial charge in [0.05, 0.1) is 17.2 Å². The minimum absolute atomic E-state index is 0.191. The molecule has 22 heavy (non-hydrogen) atoms.